The SMILES string of the molecule is CC(=O)Nc1ccc(OC(=O)COc2ccccc2-c2ccccc2)cc1. The Morgan fingerprint density at radius 1 is 0.852 bits per heavy atom. The van der Waals surface area contributed by atoms with Crippen LogP contribution in [0.3, 0.4) is 0 Å². The van der Waals surface area contributed by atoms with Crippen molar-refractivity contribution in [2.24, 2.45) is 0 Å². The van der Waals surface area contributed by atoms with Gasteiger partial charge in [-0.1, -0.05) is 48.5 Å². The highest BCUT2D eigenvalue weighted by molar-refractivity contribution is 5.88. The van der Waals surface area contributed by atoms with Gasteiger partial charge < -0.3 is 14.8 Å². The molecule has 3 aromatic carbocycles. The summed E-state index contributed by atoms with van der Waals surface area (Å²) in [5.41, 5.74) is 2.55. The topological polar surface area (TPSA) is 64.6 Å². The first-order valence-corrected chi connectivity index (χ1v) is 8.47. The number of ether oxygens (including phenoxy) is 2. The van der Waals surface area contributed by atoms with Gasteiger partial charge in [0.05, 0.1) is 0 Å². The minimum absolute atomic E-state index is 0.162. The lowest BCUT2D eigenvalue weighted by molar-refractivity contribution is -0.136. The molecule has 0 unspecified atom stereocenters. The van der Waals surface area contributed by atoms with Gasteiger partial charge in [0.25, 0.3) is 0 Å². The first-order chi connectivity index (χ1) is 13.1. The zero-order valence-electron chi connectivity index (χ0n) is 14.8. The van der Waals surface area contributed by atoms with Crippen molar-refractivity contribution in [3.8, 4) is 22.6 Å². The summed E-state index contributed by atoms with van der Waals surface area (Å²) in [4.78, 5) is 23.1. The van der Waals surface area contributed by atoms with E-state index in [9.17, 15) is 9.59 Å². The van der Waals surface area contributed by atoms with E-state index >= 15 is 0 Å². The van der Waals surface area contributed by atoms with Crippen LogP contribution in [0.25, 0.3) is 11.1 Å². The van der Waals surface area contributed by atoms with Crippen LogP contribution in [-0.4, -0.2) is 18.5 Å². The summed E-state index contributed by atoms with van der Waals surface area (Å²) in [6.07, 6.45) is 0. The van der Waals surface area contributed by atoms with Gasteiger partial charge in [-0.2, -0.15) is 0 Å². The molecule has 5 heteroatoms. The predicted octanol–water partition coefficient (Wildman–Crippen LogP) is 4.30. The van der Waals surface area contributed by atoms with Crippen molar-refractivity contribution in [3.63, 3.8) is 0 Å². The lowest BCUT2D eigenvalue weighted by atomic mass is 10.1. The van der Waals surface area contributed by atoms with Crippen LogP contribution in [0.4, 0.5) is 5.69 Å². The maximum Gasteiger partial charge on any atom is 0.349 e. The van der Waals surface area contributed by atoms with E-state index < -0.39 is 5.97 Å². The van der Waals surface area contributed by atoms with Crippen LogP contribution in [-0.2, 0) is 9.59 Å². The van der Waals surface area contributed by atoms with Gasteiger partial charge >= 0.3 is 5.97 Å². The van der Waals surface area contributed by atoms with E-state index in [4.69, 9.17) is 9.47 Å². The molecule has 3 rings (SSSR count). The number of carbonyl (C=O) groups excluding carboxylic acids is 2. The van der Waals surface area contributed by atoms with Crippen molar-refractivity contribution in [2.75, 3.05) is 11.9 Å². The molecule has 0 radical (unpaired) electrons. The van der Waals surface area contributed by atoms with Gasteiger partial charge in [0.2, 0.25) is 5.91 Å². The molecule has 1 amide bonds. The van der Waals surface area contributed by atoms with Gasteiger partial charge in [-0.05, 0) is 35.9 Å². The van der Waals surface area contributed by atoms with Crippen molar-refractivity contribution in [3.05, 3.63) is 78.9 Å². The van der Waals surface area contributed by atoms with Gasteiger partial charge in [0.15, 0.2) is 6.61 Å². The summed E-state index contributed by atoms with van der Waals surface area (Å²) >= 11 is 0. The molecule has 0 heterocycles. The van der Waals surface area contributed by atoms with Crippen molar-refractivity contribution in [1.29, 1.82) is 0 Å². The van der Waals surface area contributed by atoms with Gasteiger partial charge in [0.1, 0.15) is 11.5 Å². The number of benzene rings is 3. The van der Waals surface area contributed by atoms with Crippen LogP contribution in [0.1, 0.15) is 6.92 Å². The number of rotatable bonds is 6. The van der Waals surface area contributed by atoms with Crippen LogP contribution in [0, 0.1) is 0 Å². The summed E-state index contributed by atoms with van der Waals surface area (Å²) in [5, 5.41) is 2.65. The van der Waals surface area contributed by atoms with Crippen molar-refractivity contribution < 1.29 is 19.1 Å². The summed E-state index contributed by atoms with van der Waals surface area (Å²) in [6.45, 7) is 1.22. The van der Waals surface area contributed by atoms with Gasteiger partial charge in [-0.3, -0.25) is 4.79 Å². The van der Waals surface area contributed by atoms with E-state index in [2.05, 4.69) is 5.32 Å². The molecule has 0 aliphatic carbocycles. The smallest absolute Gasteiger partial charge is 0.349 e. The normalized spacial score (nSPS) is 10.1. The molecule has 0 aliphatic rings. The number of carbonyl (C=O) groups is 2. The second-order valence-electron chi connectivity index (χ2n) is 5.83. The van der Waals surface area contributed by atoms with E-state index in [1.807, 2.05) is 54.6 Å². The number of amides is 1. The Labute approximate surface area is 157 Å². The molecular formula is C22H19NO4. The molecule has 0 bridgehead atoms. The Morgan fingerprint density at radius 2 is 1.52 bits per heavy atom. The molecule has 0 saturated heterocycles. The number of esters is 1. The fraction of sp³-hybridized carbons (Fsp3) is 0.0909. The summed E-state index contributed by atoms with van der Waals surface area (Å²) in [6, 6.07) is 23.9. The highest BCUT2D eigenvalue weighted by atomic mass is 16.6. The molecule has 1 N–H and O–H groups in total. The molecule has 0 aliphatic heterocycles. The third-order valence-corrected chi connectivity index (χ3v) is 3.72. The Kier molecular flexibility index (Phi) is 5.84. The van der Waals surface area contributed by atoms with E-state index in [1.54, 1.807) is 24.3 Å². The summed E-state index contributed by atoms with van der Waals surface area (Å²) < 4.78 is 10.9. The number of nitrogens with one attached hydrogen (secondary N) is 1. The highest BCUT2D eigenvalue weighted by Crippen LogP contribution is 2.29. The molecule has 3 aromatic rings. The van der Waals surface area contributed by atoms with Crippen molar-refractivity contribution in [2.45, 2.75) is 6.92 Å². The third kappa shape index (κ3) is 5.19. The maximum atomic E-state index is 12.1. The average molecular weight is 361 g/mol. The van der Waals surface area contributed by atoms with E-state index in [0.717, 1.165) is 11.1 Å². The molecule has 5 nitrogen and oxygen atoms in total. The third-order valence-electron chi connectivity index (χ3n) is 3.72. The lowest BCUT2D eigenvalue weighted by Crippen LogP contribution is -2.18. The molecular weight excluding hydrogens is 342 g/mol. The van der Waals surface area contributed by atoms with Gasteiger partial charge in [-0.25, -0.2) is 4.79 Å². The molecule has 27 heavy (non-hydrogen) atoms. The lowest BCUT2D eigenvalue weighted by Gasteiger charge is -2.11. The zero-order chi connectivity index (χ0) is 19.1. The number of anilines is 1. The molecule has 0 spiro atoms. The van der Waals surface area contributed by atoms with Crippen LogP contribution >= 0.6 is 0 Å². The molecule has 0 aromatic heterocycles. The standard InChI is InChI=1S/C22H19NO4/c1-16(24)23-18-11-13-19(14-12-18)27-22(25)15-26-21-10-6-5-9-20(21)17-7-3-2-4-8-17/h2-14H,15H2,1H3,(H,23,24). The average Bonchev–Trinajstić information content (AvgIpc) is 2.68. The van der Waals surface area contributed by atoms with E-state index in [1.165, 1.54) is 6.92 Å². The fourth-order valence-electron chi connectivity index (χ4n) is 2.56. The Bertz CT molecular complexity index is 921. The first kappa shape index (κ1) is 18.2. The zero-order valence-corrected chi connectivity index (χ0v) is 14.8. The molecule has 136 valence electrons. The van der Waals surface area contributed by atoms with Crippen LogP contribution < -0.4 is 14.8 Å². The van der Waals surface area contributed by atoms with Crippen LogP contribution in [0.15, 0.2) is 78.9 Å². The number of hydrogen-bond acceptors (Lipinski definition) is 4. The minimum Gasteiger partial charge on any atom is -0.481 e. The minimum atomic E-state index is -0.509. The molecule has 0 fully saturated rings. The first-order valence-electron chi connectivity index (χ1n) is 8.47. The summed E-state index contributed by atoms with van der Waals surface area (Å²) in [5.74, 6) is 0.325. The van der Waals surface area contributed by atoms with Crippen LogP contribution in [0.5, 0.6) is 11.5 Å². The van der Waals surface area contributed by atoms with Gasteiger partial charge in [-0.15, -0.1) is 0 Å². The maximum absolute atomic E-state index is 12.1. The molecule has 0 saturated carbocycles. The summed E-state index contributed by atoms with van der Waals surface area (Å²) in [7, 11) is 0. The monoisotopic (exact) mass is 361 g/mol. The molecule has 0 atom stereocenters. The second kappa shape index (κ2) is 8.67. The number of hydrogen-bond donors (Lipinski definition) is 1. The van der Waals surface area contributed by atoms with Crippen molar-refractivity contribution in [1.82, 2.24) is 0 Å². The fourth-order valence-corrected chi connectivity index (χ4v) is 2.56. The quantitative estimate of drug-likeness (QED) is 0.525. The largest absolute Gasteiger partial charge is 0.481 e. The van der Waals surface area contributed by atoms with Crippen molar-refractivity contribution >= 4 is 17.6 Å². The number of para-hydroxylation sites is 1. The Balaban J connectivity index is 1.61. The van der Waals surface area contributed by atoms with Crippen LogP contribution in [0.2, 0.25) is 0 Å². The predicted molar refractivity (Wildman–Crippen MR) is 104 cm³/mol. The second-order valence-corrected chi connectivity index (χ2v) is 5.83. The highest BCUT2D eigenvalue weighted by Gasteiger charge is 2.10. The van der Waals surface area contributed by atoms with E-state index in [-0.39, 0.29) is 12.5 Å². The Hall–Kier alpha value is -3.60. The Morgan fingerprint density at radius 3 is 2.22 bits per heavy atom. The van der Waals surface area contributed by atoms with E-state index in [0.29, 0.717) is 17.2 Å². The van der Waals surface area contributed by atoms with Gasteiger partial charge in [0, 0.05) is 18.2 Å².